The van der Waals surface area contributed by atoms with E-state index in [2.05, 4.69) is 10.3 Å². The number of benzene rings is 1. The van der Waals surface area contributed by atoms with Crippen LogP contribution < -0.4 is 14.8 Å². The van der Waals surface area contributed by atoms with Gasteiger partial charge in [-0.3, -0.25) is 0 Å². The molecular weight excluding hydrogens is 284 g/mol. The zero-order valence-corrected chi connectivity index (χ0v) is 12.3. The first-order valence-electron chi connectivity index (χ1n) is 5.76. The Bertz CT molecular complexity index is 532. The largest absolute Gasteiger partial charge is 0.493 e. The highest BCUT2D eigenvalue weighted by Gasteiger charge is 2.13. The van der Waals surface area contributed by atoms with Crippen LogP contribution in [0.15, 0.2) is 23.7 Å². The van der Waals surface area contributed by atoms with Crippen molar-refractivity contribution in [2.24, 2.45) is 0 Å². The van der Waals surface area contributed by atoms with Gasteiger partial charge in [-0.25, -0.2) is 4.98 Å². The number of nitrogens with one attached hydrogen (secondary N) is 1. The Morgan fingerprint density at radius 3 is 2.89 bits per heavy atom. The zero-order valence-electron chi connectivity index (χ0n) is 10.8. The predicted octanol–water partition coefficient (Wildman–Crippen LogP) is 3.10. The summed E-state index contributed by atoms with van der Waals surface area (Å²) in [6, 6.07) is 3.62. The third kappa shape index (κ3) is 3.59. The first kappa shape index (κ1) is 14.1. The smallest absolute Gasteiger partial charge is 0.166 e. The van der Waals surface area contributed by atoms with Gasteiger partial charge in [0.25, 0.3) is 0 Å². The molecule has 2 aromatic rings. The number of aromatic nitrogens is 1. The van der Waals surface area contributed by atoms with E-state index in [9.17, 15) is 0 Å². The molecule has 1 aromatic carbocycles. The highest BCUT2D eigenvalue weighted by atomic mass is 35.5. The molecule has 2 rings (SSSR count). The van der Waals surface area contributed by atoms with Gasteiger partial charge >= 0.3 is 0 Å². The lowest BCUT2D eigenvalue weighted by Crippen LogP contribution is -2.08. The SMILES string of the molecule is CNCc1cc(Cl)cc(OC)c1OCc1nccs1. The van der Waals surface area contributed by atoms with Gasteiger partial charge in [0.2, 0.25) is 0 Å². The van der Waals surface area contributed by atoms with E-state index in [4.69, 9.17) is 21.1 Å². The van der Waals surface area contributed by atoms with E-state index in [1.165, 1.54) is 0 Å². The van der Waals surface area contributed by atoms with Crippen molar-refractivity contribution in [1.29, 1.82) is 0 Å². The molecule has 0 amide bonds. The van der Waals surface area contributed by atoms with Gasteiger partial charge in [-0.15, -0.1) is 11.3 Å². The maximum absolute atomic E-state index is 6.06. The number of thiazole rings is 1. The average molecular weight is 299 g/mol. The summed E-state index contributed by atoms with van der Waals surface area (Å²) >= 11 is 7.62. The molecule has 0 atom stereocenters. The molecule has 0 unspecified atom stereocenters. The Kier molecular flexibility index (Phi) is 5.01. The second-order valence-corrected chi connectivity index (χ2v) is 5.26. The minimum Gasteiger partial charge on any atom is -0.493 e. The average Bonchev–Trinajstić information content (AvgIpc) is 2.90. The lowest BCUT2D eigenvalue weighted by Gasteiger charge is -2.15. The molecule has 19 heavy (non-hydrogen) atoms. The van der Waals surface area contributed by atoms with E-state index < -0.39 is 0 Å². The summed E-state index contributed by atoms with van der Waals surface area (Å²) in [5.74, 6) is 1.34. The Balaban J connectivity index is 2.24. The van der Waals surface area contributed by atoms with Gasteiger partial charge in [0, 0.05) is 34.8 Å². The molecule has 102 valence electrons. The van der Waals surface area contributed by atoms with Crippen molar-refractivity contribution >= 4 is 22.9 Å². The summed E-state index contributed by atoms with van der Waals surface area (Å²) in [4.78, 5) is 4.19. The molecule has 0 radical (unpaired) electrons. The van der Waals surface area contributed by atoms with Crippen molar-refractivity contribution in [2.45, 2.75) is 13.2 Å². The van der Waals surface area contributed by atoms with E-state index in [0.717, 1.165) is 10.6 Å². The first-order valence-corrected chi connectivity index (χ1v) is 7.02. The van der Waals surface area contributed by atoms with E-state index >= 15 is 0 Å². The lowest BCUT2D eigenvalue weighted by atomic mass is 10.2. The van der Waals surface area contributed by atoms with Gasteiger partial charge in [-0.1, -0.05) is 11.6 Å². The third-order valence-corrected chi connectivity index (χ3v) is 3.48. The summed E-state index contributed by atoms with van der Waals surface area (Å²) in [6.07, 6.45) is 1.76. The maximum atomic E-state index is 6.06. The Labute approximate surface area is 121 Å². The van der Waals surface area contributed by atoms with Crippen LogP contribution in [-0.2, 0) is 13.2 Å². The van der Waals surface area contributed by atoms with Crippen LogP contribution in [0.1, 0.15) is 10.6 Å². The van der Waals surface area contributed by atoms with Crippen molar-refractivity contribution in [3.63, 3.8) is 0 Å². The van der Waals surface area contributed by atoms with Gasteiger partial charge < -0.3 is 14.8 Å². The number of hydrogen-bond donors (Lipinski definition) is 1. The number of ether oxygens (including phenoxy) is 2. The highest BCUT2D eigenvalue weighted by molar-refractivity contribution is 7.09. The van der Waals surface area contributed by atoms with Crippen LogP contribution in [0.4, 0.5) is 0 Å². The molecule has 0 spiro atoms. The van der Waals surface area contributed by atoms with Crippen LogP contribution in [0.3, 0.4) is 0 Å². The molecule has 0 saturated carbocycles. The normalized spacial score (nSPS) is 10.5. The van der Waals surface area contributed by atoms with Crippen molar-refractivity contribution < 1.29 is 9.47 Å². The fourth-order valence-electron chi connectivity index (χ4n) is 1.72. The minimum absolute atomic E-state index is 0.423. The third-order valence-electron chi connectivity index (χ3n) is 2.51. The fraction of sp³-hybridized carbons (Fsp3) is 0.308. The summed E-state index contributed by atoms with van der Waals surface area (Å²) in [7, 11) is 3.48. The quantitative estimate of drug-likeness (QED) is 0.890. The predicted molar refractivity (Wildman–Crippen MR) is 77.2 cm³/mol. The molecular formula is C13H15ClN2O2S. The van der Waals surface area contributed by atoms with Crippen LogP contribution in [0, 0.1) is 0 Å². The minimum atomic E-state index is 0.423. The second-order valence-electron chi connectivity index (χ2n) is 3.84. The lowest BCUT2D eigenvalue weighted by molar-refractivity contribution is 0.280. The second kappa shape index (κ2) is 6.75. The van der Waals surface area contributed by atoms with Gasteiger partial charge in [-0.05, 0) is 13.1 Å². The van der Waals surface area contributed by atoms with Crippen LogP contribution >= 0.6 is 22.9 Å². The monoisotopic (exact) mass is 298 g/mol. The summed E-state index contributed by atoms with van der Waals surface area (Å²) in [5.41, 5.74) is 0.961. The Hall–Kier alpha value is -1.30. The van der Waals surface area contributed by atoms with Crippen molar-refractivity contribution in [2.75, 3.05) is 14.2 Å². The summed E-state index contributed by atoms with van der Waals surface area (Å²) in [6.45, 7) is 1.08. The van der Waals surface area contributed by atoms with E-state index in [-0.39, 0.29) is 0 Å². The molecule has 0 fully saturated rings. The standard InChI is InChI=1S/C13H15ClN2O2S/c1-15-7-9-5-10(14)6-11(17-2)13(9)18-8-12-16-3-4-19-12/h3-6,15H,7-8H2,1-2H3. The molecule has 0 aliphatic rings. The van der Waals surface area contributed by atoms with Crippen LogP contribution in [0.25, 0.3) is 0 Å². The molecule has 1 heterocycles. The fourth-order valence-corrected chi connectivity index (χ4v) is 2.48. The molecule has 0 bridgehead atoms. The van der Waals surface area contributed by atoms with Crippen LogP contribution in [0.5, 0.6) is 11.5 Å². The molecule has 0 aliphatic heterocycles. The van der Waals surface area contributed by atoms with Crippen LogP contribution in [-0.4, -0.2) is 19.1 Å². The number of rotatable bonds is 6. The maximum Gasteiger partial charge on any atom is 0.166 e. The topological polar surface area (TPSA) is 43.4 Å². The molecule has 6 heteroatoms. The summed E-state index contributed by atoms with van der Waals surface area (Å²) in [5, 5.41) is 6.56. The molecule has 0 saturated heterocycles. The Morgan fingerprint density at radius 1 is 1.42 bits per heavy atom. The van der Waals surface area contributed by atoms with Crippen molar-refractivity contribution in [3.8, 4) is 11.5 Å². The van der Waals surface area contributed by atoms with E-state index in [0.29, 0.717) is 29.7 Å². The van der Waals surface area contributed by atoms with Crippen molar-refractivity contribution in [3.05, 3.63) is 39.3 Å². The van der Waals surface area contributed by atoms with Gasteiger partial charge in [-0.2, -0.15) is 0 Å². The van der Waals surface area contributed by atoms with Crippen molar-refractivity contribution in [1.82, 2.24) is 10.3 Å². The molecule has 4 nitrogen and oxygen atoms in total. The summed E-state index contributed by atoms with van der Waals surface area (Å²) < 4.78 is 11.2. The zero-order chi connectivity index (χ0) is 13.7. The van der Waals surface area contributed by atoms with Gasteiger partial charge in [0.15, 0.2) is 11.5 Å². The number of halogens is 1. The number of methoxy groups -OCH3 is 1. The molecule has 1 N–H and O–H groups in total. The number of nitrogens with zero attached hydrogens (tertiary/aromatic N) is 1. The highest BCUT2D eigenvalue weighted by Crippen LogP contribution is 2.35. The molecule has 0 aliphatic carbocycles. The van der Waals surface area contributed by atoms with E-state index in [1.807, 2.05) is 18.5 Å². The number of hydrogen-bond acceptors (Lipinski definition) is 5. The first-order chi connectivity index (χ1) is 9.24. The van der Waals surface area contributed by atoms with Gasteiger partial charge in [0.1, 0.15) is 11.6 Å². The Morgan fingerprint density at radius 2 is 2.26 bits per heavy atom. The molecule has 1 aromatic heterocycles. The van der Waals surface area contributed by atoms with E-state index in [1.54, 1.807) is 30.7 Å². The van der Waals surface area contributed by atoms with Crippen LogP contribution in [0.2, 0.25) is 5.02 Å². The van der Waals surface area contributed by atoms with Gasteiger partial charge in [0.05, 0.1) is 7.11 Å².